The lowest BCUT2D eigenvalue weighted by molar-refractivity contribution is 0.473. The van der Waals surface area contributed by atoms with E-state index in [1.54, 1.807) is 6.08 Å². The van der Waals surface area contributed by atoms with Crippen molar-refractivity contribution in [2.75, 3.05) is 0 Å². The zero-order valence-electron chi connectivity index (χ0n) is 5.17. The standard InChI is InChI=1S/C7H12O/c1-2-3-4-5-6-7-8/h4-8H,2-3H2,1H3/b5-4-,7-6+. The molecule has 1 heteroatoms. The summed E-state index contributed by atoms with van der Waals surface area (Å²) in [6.07, 6.45) is 8.75. The van der Waals surface area contributed by atoms with E-state index in [9.17, 15) is 0 Å². The number of aliphatic hydroxyl groups is 1. The van der Waals surface area contributed by atoms with Gasteiger partial charge in [0.2, 0.25) is 0 Å². The van der Waals surface area contributed by atoms with E-state index < -0.39 is 0 Å². The van der Waals surface area contributed by atoms with E-state index in [1.165, 1.54) is 0 Å². The Labute approximate surface area is 50.3 Å². The Hall–Kier alpha value is -0.720. The Morgan fingerprint density at radius 1 is 1.38 bits per heavy atom. The summed E-state index contributed by atoms with van der Waals surface area (Å²) in [6, 6.07) is 0. The SMILES string of the molecule is CCC/C=C\C=C\O. The lowest BCUT2D eigenvalue weighted by Crippen LogP contribution is -1.58. The van der Waals surface area contributed by atoms with Crippen LogP contribution in [0.4, 0.5) is 0 Å². The average molecular weight is 112 g/mol. The molecule has 0 aliphatic carbocycles. The van der Waals surface area contributed by atoms with Crippen LogP contribution in [-0.4, -0.2) is 5.11 Å². The van der Waals surface area contributed by atoms with Crippen LogP contribution in [0.5, 0.6) is 0 Å². The van der Waals surface area contributed by atoms with Crippen LogP contribution in [0.3, 0.4) is 0 Å². The van der Waals surface area contributed by atoms with Crippen LogP contribution in [0.2, 0.25) is 0 Å². The zero-order valence-corrected chi connectivity index (χ0v) is 5.17. The zero-order chi connectivity index (χ0) is 6.24. The van der Waals surface area contributed by atoms with Crippen molar-refractivity contribution < 1.29 is 5.11 Å². The molecule has 0 saturated carbocycles. The fourth-order valence-corrected chi connectivity index (χ4v) is 0.391. The summed E-state index contributed by atoms with van der Waals surface area (Å²) in [5.74, 6) is 0. The number of rotatable bonds is 3. The summed E-state index contributed by atoms with van der Waals surface area (Å²) in [5, 5.41) is 8.13. The Morgan fingerprint density at radius 2 is 2.12 bits per heavy atom. The largest absolute Gasteiger partial charge is 0.516 e. The van der Waals surface area contributed by atoms with E-state index in [2.05, 4.69) is 6.92 Å². The van der Waals surface area contributed by atoms with Crippen molar-refractivity contribution in [2.24, 2.45) is 0 Å². The molecule has 0 aromatic heterocycles. The molecule has 0 aliphatic rings. The molecule has 46 valence electrons. The first kappa shape index (κ1) is 7.28. The van der Waals surface area contributed by atoms with Crippen LogP contribution in [0.15, 0.2) is 24.5 Å². The Bertz CT molecular complexity index is 82.4. The van der Waals surface area contributed by atoms with Crippen LogP contribution in [0.1, 0.15) is 19.8 Å². The maximum atomic E-state index is 8.13. The normalized spacial score (nSPS) is 11.6. The monoisotopic (exact) mass is 112 g/mol. The molecule has 1 nitrogen and oxygen atoms in total. The van der Waals surface area contributed by atoms with Gasteiger partial charge in [-0.1, -0.05) is 25.5 Å². The molecule has 0 bridgehead atoms. The third kappa shape index (κ3) is 5.28. The van der Waals surface area contributed by atoms with Gasteiger partial charge in [0.15, 0.2) is 0 Å². The lowest BCUT2D eigenvalue weighted by atomic mass is 10.3. The Kier molecular flexibility index (Phi) is 5.71. The van der Waals surface area contributed by atoms with Gasteiger partial charge < -0.3 is 5.11 Å². The molecule has 0 amide bonds. The molecule has 0 aromatic rings. The van der Waals surface area contributed by atoms with Gasteiger partial charge in [0.25, 0.3) is 0 Å². The first-order valence-corrected chi connectivity index (χ1v) is 2.87. The van der Waals surface area contributed by atoms with Crippen LogP contribution in [0, 0.1) is 0 Å². The molecule has 8 heavy (non-hydrogen) atoms. The molecule has 0 saturated heterocycles. The van der Waals surface area contributed by atoms with E-state index in [0.29, 0.717) is 0 Å². The molecule has 1 N–H and O–H groups in total. The van der Waals surface area contributed by atoms with E-state index in [-0.39, 0.29) is 0 Å². The fraction of sp³-hybridized carbons (Fsp3) is 0.429. The van der Waals surface area contributed by atoms with Gasteiger partial charge in [-0.05, 0) is 12.5 Å². The average Bonchev–Trinajstić information content (AvgIpc) is 1.81. The first-order valence-electron chi connectivity index (χ1n) is 2.87. The van der Waals surface area contributed by atoms with Crippen molar-refractivity contribution in [1.82, 2.24) is 0 Å². The number of hydrogen-bond donors (Lipinski definition) is 1. The maximum Gasteiger partial charge on any atom is 0.0791 e. The number of allylic oxidation sites excluding steroid dienone is 3. The van der Waals surface area contributed by atoms with E-state index >= 15 is 0 Å². The summed E-state index contributed by atoms with van der Waals surface area (Å²) in [4.78, 5) is 0. The van der Waals surface area contributed by atoms with Gasteiger partial charge in [-0.2, -0.15) is 0 Å². The van der Waals surface area contributed by atoms with Gasteiger partial charge in [-0.3, -0.25) is 0 Å². The van der Waals surface area contributed by atoms with Gasteiger partial charge in [0.1, 0.15) is 0 Å². The summed E-state index contributed by atoms with van der Waals surface area (Å²) < 4.78 is 0. The molecule has 0 aromatic carbocycles. The summed E-state index contributed by atoms with van der Waals surface area (Å²) in [6.45, 7) is 2.12. The highest BCUT2D eigenvalue weighted by Gasteiger charge is 1.67. The van der Waals surface area contributed by atoms with Crippen LogP contribution in [0.25, 0.3) is 0 Å². The molecule has 0 unspecified atom stereocenters. The molecular formula is C7H12O. The maximum absolute atomic E-state index is 8.13. The van der Waals surface area contributed by atoms with Gasteiger partial charge in [0, 0.05) is 0 Å². The molecule has 0 radical (unpaired) electrons. The van der Waals surface area contributed by atoms with Crippen LogP contribution < -0.4 is 0 Å². The predicted octanol–water partition coefficient (Wildman–Crippen LogP) is 2.41. The minimum absolute atomic E-state index is 1.03. The Morgan fingerprint density at radius 3 is 2.62 bits per heavy atom. The molecule has 0 fully saturated rings. The van der Waals surface area contributed by atoms with Crippen molar-refractivity contribution in [3.05, 3.63) is 24.5 Å². The van der Waals surface area contributed by atoms with Gasteiger partial charge >= 0.3 is 0 Å². The van der Waals surface area contributed by atoms with E-state index in [1.807, 2.05) is 12.2 Å². The van der Waals surface area contributed by atoms with Crippen molar-refractivity contribution in [2.45, 2.75) is 19.8 Å². The highest BCUT2D eigenvalue weighted by Crippen LogP contribution is 1.87. The van der Waals surface area contributed by atoms with E-state index in [4.69, 9.17) is 5.11 Å². The number of hydrogen-bond acceptors (Lipinski definition) is 1. The van der Waals surface area contributed by atoms with Crippen molar-refractivity contribution in [3.8, 4) is 0 Å². The molecule has 0 atom stereocenters. The van der Waals surface area contributed by atoms with Crippen LogP contribution >= 0.6 is 0 Å². The molecule has 0 aliphatic heterocycles. The summed E-state index contributed by atoms with van der Waals surface area (Å²) in [7, 11) is 0. The smallest absolute Gasteiger partial charge is 0.0791 e. The Balaban J connectivity index is 3.07. The second-order valence-corrected chi connectivity index (χ2v) is 1.56. The number of aliphatic hydroxyl groups excluding tert-OH is 1. The van der Waals surface area contributed by atoms with Gasteiger partial charge in [0.05, 0.1) is 6.26 Å². The third-order valence-corrected chi connectivity index (χ3v) is 0.789. The van der Waals surface area contributed by atoms with Crippen molar-refractivity contribution >= 4 is 0 Å². The van der Waals surface area contributed by atoms with Gasteiger partial charge in [-0.15, -0.1) is 0 Å². The van der Waals surface area contributed by atoms with Gasteiger partial charge in [-0.25, -0.2) is 0 Å². The number of unbranched alkanes of at least 4 members (excludes halogenated alkanes) is 1. The molecule has 0 spiro atoms. The molecule has 0 rings (SSSR count). The quantitative estimate of drug-likeness (QED) is 0.439. The predicted molar refractivity (Wildman–Crippen MR) is 35.8 cm³/mol. The molecule has 0 heterocycles. The molecular weight excluding hydrogens is 100 g/mol. The minimum Gasteiger partial charge on any atom is -0.516 e. The summed E-state index contributed by atoms with van der Waals surface area (Å²) >= 11 is 0. The minimum atomic E-state index is 1.03. The highest BCUT2D eigenvalue weighted by atomic mass is 16.2. The third-order valence-electron chi connectivity index (χ3n) is 0.789. The second kappa shape index (κ2) is 6.28. The fourth-order valence-electron chi connectivity index (χ4n) is 0.391. The van der Waals surface area contributed by atoms with Crippen molar-refractivity contribution in [3.63, 3.8) is 0 Å². The van der Waals surface area contributed by atoms with Crippen molar-refractivity contribution in [1.29, 1.82) is 0 Å². The van der Waals surface area contributed by atoms with E-state index in [0.717, 1.165) is 19.1 Å². The highest BCUT2D eigenvalue weighted by molar-refractivity contribution is 4.98. The first-order chi connectivity index (χ1) is 3.91. The van der Waals surface area contributed by atoms with Crippen LogP contribution in [-0.2, 0) is 0 Å². The summed E-state index contributed by atoms with van der Waals surface area (Å²) in [5.41, 5.74) is 0. The second-order valence-electron chi connectivity index (χ2n) is 1.56. The topological polar surface area (TPSA) is 20.2 Å². The lowest BCUT2D eigenvalue weighted by Gasteiger charge is -1.78.